The fraction of sp³-hybridized carbons (Fsp3) is 0.381. The zero-order chi connectivity index (χ0) is 17.5. The number of unbranched alkanes of at least 4 members (excludes halogenated alkanes) is 1. The van der Waals surface area contributed by atoms with E-state index >= 15 is 0 Å². The van der Waals surface area contributed by atoms with Crippen LogP contribution in [0.1, 0.15) is 25.3 Å². The van der Waals surface area contributed by atoms with Crippen molar-refractivity contribution in [3.05, 3.63) is 66.0 Å². The normalized spacial score (nSPS) is 13.8. The lowest BCUT2D eigenvalue weighted by Crippen LogP contribution is -2.38. The monoisotopic (exact) mass is 339 g/mol. The molecule has 2 aromatic carbocycles. The van der Waals surface area contributed by atoms with E-state index in [4.69, 9.17) is 4.99 Å². The molecular weight excluding hydrogens is 313 g/mol. The average Bonchev–Trinajstić information content (AvgIpc) is 3.08. The van der Waals surface area contributed by atoms with Crippen molar-refractivity contribution in [3.63, 3.8) is 0 Å². The molecule has 0 saturated carbocycles. The van der Waals surface area contributed by atoms with Crippen LogP contribution in [0.4, 0.5) is 10.1 Å². The minimum atomic E-state index is -0.203. The zero-order valence-electron chi connectivity index (χ0n) is 14.9. The van der Waals surface area contributed by atoms with Gasteiger partial charge in [0.05, 0.1) is 13.1 Å². The van der Waals surface area contributed by atoms with E-state index in [9.17, 15) is 4.39 Å². The van der Waals surface area contributed by atoms with Crippen LogP contribution in [-0.2, 0) is 6.54 Å². The van der Waals surface area contributed by atoms with Gasteiger partial charge in [-0.25, -0.2) is 4.39 Å². The number of hydrogen-bond donors (Lipinski definition) is 0. The van der Waals surface area contributed by atoms with E-state index in [2.05, 4.69) is 41.0 Å². The highest BCUT2D eigenvalue weighted by Gasteiger charge is 2.19. The van der Waals surface area contributed by atoms with Crippen LogP contribution in [0.15, 0.2) is 59.6 Å². The van der Waals surface area contributed by atoms with Crippen molar-refractivity contribution in [2.24, 2.45) is 4.99 Å². The molecule has 0 aromatic heterocycles. The van der Waals surface area contributed by atoms with E-state index in [0.29, 0.717) is 0 Å². The first kappa shape index (κ1) is 17.5. The highest BCUT2D eigenvalue weighted by molar-refractivity contribution is 5.88. The Morgan fingerprint density at radius 2 is 1.80 bits per heavy atom. The Kier molecular flexibility index (Phi) is 6.04. The average molecular weight is 339 g/mol. The summed E-state index contributed by atoms with van der Waals surface area (Å²) in [5, 5.41) is 0. The number of aliphatic imine (C=N–C) groups is 1. The summed E-state index contributed by atoms with van der Waals surface area (Å²) in [6, 6.07) is 17.1. The first-order valence-electron chi connectivity index (χ1n) is 9.09. The second kappa shape index (κ2) is 8.65. The third kappa shape index (κ3) is 4.81. The number of nitrogens with zero attached hydrogens (tertiary/aromatic N) is 3. The summed E-state index contributed by atoms with van der Waals surface area (Å²) >= 11 is 0. The van der Waals surface area contributed by atoms with Crippen LogP contribution in [-0.4, -0.2) is 36.9 Å². The number of benzene rings is 2. The van der Waals surface area contributed by atoms with Gasteiger partial charge < -0.3 is 9.80 Å². The first-order valence-corrected chi connectivity index (χ1v) is 9.09. The number of halogens is 1. The van der Waals surface area contributed by atoms with E-state index in [1.807, 2.05) is 18.2 Å². The lowest BCUT2D eigenvalue weighted by atomic mass is 10.2. The summed E-state index contributed by atoms with van der Waals surface area (Å²) in [5.41, 5.74) is 2.26. The van der Waals surface area contributed by atoms with Crippen molar-refractivity contribution in [1.29, 1.82) is 0 Å². The first-order chi connectivity index (χ1) is 12.3. The Bertz CT molecular complexity index is 682. The quantitative estimate of drug-likeness (QED) is 0.712. The topological polar surface area (TPSA) is 18.8 Å². The van der Waals surface area contributed by atoms with Crippen molar-refractivity contribution in [2.45, 2.75) is 26.3 Å². The minimum Gasteiger partial charge on any atom is -0.360 e. The van der Waals surface area contributed by atoms with Crippen LogP contribution < -0.4 is 4.90 Å². The summed E-state index contributed by atoms with van der Waals surface area (Å²) in [6.45, 7) is 6.71. The fourth-order valence-corrected chi connectivity index (χ4v) is 3.13. The highest BCUT2D eigenvalue weighted by atomic mass is 19.1. The Labute approximate surface area is 149 Å². The third-order valence-corrected chi connectivity index (χ3v) is 4.55. The molecule has 0 saturated heterocycles. The molecule has 0 fully saturated rings. The third-order valence-electron chi connectivity index (χ3n) is 4.55. The number of amidine groups is 1. The SMILES string of the molecule is CCCCN1CCN=C1CN(Cc1ccccc1)c1ccc(F)cc1. The van der Waals surface area contributed by atoms with Crippen LogP contribution in [0.25, 0.3) is 0 Å². The molecule has 0 amide bonds. The molecule has 0 aliphatic carbocycles. The summed E-state index contributed by atoms with van der Waals surface area (Å²) in [6.07, 6.45) is 2.38. The molecule has 25 heavy (non-hydrogen) atoms. The van der Waals surface area contributed by atoms with Crippen molar-refractivity contribution in [3.8, 4) is 0 Å². The van der Waals surface area contributed by atoms with E-state index in [1.165, 1.54) is 30.5 Å². The van der Waals surface area contributed by atoms with Gasteiger partial charge in [-0.05, 0) is 36.2 Å². The van der Waals surface area contributed by atoms with Gasteiger partial charge in [-0.2, -0.15) is 0 Å². The van der Waals surface area contributed by atoms with Gasteiger partial charge in [-0.15, -0.1) is 0 Å². The minimum absolute atomic E-state index is 0.203. The van der Waals surface area contributed by atoms with Gasteiger partial charge in [0.2, 0.25) is 0 Å². The maximum Gasteiger partial charge on any atom is 0.123 e. The molecule has 0 N–H and O–H groups in total. The van der Waals surface area contributed by atoms with Crippen LogP contribution in [0.3, 0.4) is 0 Å². The fourth-order valence-electron chi connectivity index (χ4n) is 3.13. The van der Waals surface area contributed by atoms with Gasteiger partial charge in [-0.1, -0.05) is 43.7 Å². The second-order valence-corrected chi connectivity index (χ2v) is 6.46. The zero-order valence-corrected chi connectivity index (χ0v) is 14.9. The smallest absolute Gasteiger partial charge is 0.123 e. The molecular formula is C21H26FN3. The maximum atomic E-state index is 13.3. The van der Waals surface area contributed by atoms with Crippen molar-refractivity contribution < 1.29 is 4.39 Å². The predicted molar refractivity (Wildman–Crippen MR) is 103 cm³/mol. The molecule has 1 aliphatic heterocycles. The molecule has 3 rings (SSSR count). The Hall–Kier alpha value is -2.36. The molecule has 132 valence electrons. The largest absolute Gasteiger partial charge is 0.360 e. The highest BCUT2D eigenvalue weighted by Crippen LogP contribution is 2.19. The Morgan fingerprint density at radius 1 is 1.04 bits per heavy atom. The van der Waals surface area contributed by atoms with Crippen LogP contribution in [0.5, 0.6) is 0 Å². The van der Waals surface area contributed by atoms with Gasteiger partial charge in [0.25, 0.3) is 0 Å². The van der Waals surface area contributed by atoms with Gasteiger partial charge in [0.1, 0.15) is 11.7 Å². The van der Waals surface area contributed by atoms with Crippen LogP contribution >= 0.6 is 0 Å². The Balaban J connectivity index is 1.77. The number of hydrogen-bond acceptors (Lipinski definition) is 3. The van der Waals surface area contributed by atoms with Crippen molar-refractivity contribution in [2.75, 3.05) is 31.1 Å². The molecule has 0 atom stereocenters. The molecule has 3 nitrogen and oxygen atoms in total. The van der Waals surface area contributed by atoms with E-state index in [-0.39, 0.29) is 5.82 Å². The molecule has 1 aliphatic rings. The number of rotatable bonds is 8. The van der Waals surface area contributed by atoms with E-state index in [1.54, 1.807) is 0 Å². The molecule has 4 heteroatoms. The molecule has 1 heterocycles. The molecule has 0 spiro atoms. The molecule has 0 bridgehead atoms. The number of anilines is 1. The summed E-state index contributed by atoms with van der Waals surface area (Å²) < 4.78 is 13.3. The molecule has 2 aromatic rings. The standard InChI is InChI=1S/C21H26FN3/c1-2-3-14-24-15-13-23-21(24)17-25(16-18-7-5-4-6-8-18)20-11-9-19(22)10-12-20/h4-12H,2-3,13-17H2,1H3. The van der Waals surface area contributed by atoms with Gasteiger partial charge in [0.15, 0.2) is 0 Å². The van der Waals surface area contributed by atoms with Crippen molar-refractivity contribution in [1.82, 2.24) is 4.90 Å². The second-order valence-electron chi connectivity index (χ2n) is 6.46. The molecule has 0 radical (unpaired) electrons. The van der Waals surface area contributed by atoms with E-state index < -0.39 is 0 Å². The summed E-state index contributed by atoms with van der Waals surface area (Å²) in [4.78, 5) is 9.39. The van der Waals surface area contributed by atoms with Crippen molar-refractivity contribution >= 4 is 11.5 Å². The van der Waals surface area contributed by atoms with Crippen LogP contribution in [0.2, 0.25) is 0 Å². The molecule has 0 unspecified atom stereocenters. The predicted octanol–water partition coefficient (Wildman–Crippen LogP) is 4.35. The van der Waals surface area contributed by atoms with E-state index in [0.717, 1.165) is 44.2 Å². The van der Waals surface area contributed by atoms with Gasteiger partial charge >= 0.3 is 0 Å². The lowest BCUT2D eigenvalue weighted by Gasteiger charge is -2.29. The summed E-state index contributed by atoms with van der Waals surface area (Å²) in [5.74, 6) is 0.944. The van der Waals surface area contributed by atoms with Crippen LogP contribution in [0, 0.1) is 5.82 Å². The lowest BCUT2D eigenvalue weighted by molar-refractivity contribution is 0.437. The summed E-state index contributed by atoms with van der Waals surface area (Å²) in [7, 11) is 0. The van der Waals surface area contributed by atoms with Gasteiger partial charge in [-0.3, -0.25) is 4.99 Å². The van der Waals surface area contributed by atoms with Gasteiger partial charge in [0, 0.05) is 25.3 Å². The Morgan fingerprint density at radius 3 is 2.52 bits per heavy atom. The maximum absolute atomic E-state index is 13.3.